The van der Waals surface area contributed by atoms with E-state index in [0.717, 1.165) is 12.8 Å². The summed E-state index contributed by atoms with van der Waals surface area (Å²) in [5, 5.41) is 7.43. The number of ether oxygens (including phenoxy) is 1. The monoisotopic (exact) mass is 297 g/mol. The third-order valence-electron chi connectivity index (χ3n) is 2.87. The maximum atomic E-state index is 12.0. The molecule has 0 fully saturated rings. The fourth-order valence-corrected chi connectivity index (χ4v) is 1.62. The highest BCUT2D eigenvalue weighted by atomic mass is 16.5. The lowest BCUT2D eigenvalue weighted by molar-refractivity contribution is -0.130. The van der Waals surface area contributed by atoms with Crippen LogP contribution in [0.25, 0.3) is 0 Å². The van der Waals surface area contributed by atoms with Crippen LogP contribution in [0.15, 0.2) is 0 Å². The molecular formula is C13H23N5O3. The first-order valence-corrected chi connectivity index (χ1v) is 7.00. The zero-order chi connectivity index (χ0) is 16.0. The molecule has 1 amide bonds. The Labute approximate surface area is 124 Å². The Morgan fingerprint density at radius 3 is 2.67 bits per heavy atom. The minimum Gasteiger partial charge on any atom is -0.458 e. The highest BCUT2D eigenvalue weighted by molar-refractivity contribution is 5.92. The number of hydrogen-bond donors (Lipinski definition) is 1. The van der Waals surface area contributed by atoms with Gasteiger partial charge in [0.2, 0.25) is 11.6 Å². The number of hydrogen-bond acceptors (Lipinski definition) is 6. The average Bonchev–Trinajstić information content (AvgIpc) is 2.76. The summed E-state index contributed by atoms with van der Waals surface area (Å²) in [6.45, 7) is 6.13. The molecule has 1 rings (SSSR count). The first-order valence-electron chi connectivity index (χ1n) is 7.00. The molecule has 1 aromatic heterocycles. The van der Waals surface area contributed by atoms with Gasteiger partial charge in [0.25, 0.3) is 0 Å². The Balaban J connectivity index is 2.71. The van der Waals surface area contributed by atoms with Gasteiger partial charge in [-0.05, 0) is 20.3 Å². The smallest absolute Gasteiger partial charge is 0.363 e. The van der Waals surface area contributed by atoms with Crippen LogP contribution in [0.5, 0.6) is 0 Å². The second-order valence-electron chi connectivity index (χ2n) is 5.10. The Bertz CT molecular complexity index is 498. The van der Waals surface area contributed by atoms with Crippen LogP contribution < -0.4 is 5.73 Å². The molecule has 0 unspecified atom stereocenters. The van der Waals surface area contributed by atoms with Crippen LogP contribution in [0.4, 0.5) is 5.82 Å². The fraction of sp³-hybridized carbons (Fsp3) is 0.692. The van der Waals surface area contributed by atoms with E-state index in [2.05, 4.69) is 17.2 Å². The van der Waals surface area contributed by atoms with E-state index in [4.69, 9.17) is 10.5 Å². The van der Waals surface area contributed by atoms with E-state index >= 15 is 0 Å². The molecule has 0 aromatic carbocycles. The molecule has 0 radical (unpaired) electrons. The molecular weight excluding hydrogens is 274 g/mol. The summed E-state index contributed by atoms with van der Waals surface area (Å²) < 4.78 is 6.22. The van der Waals surface area contributed by atoms with E-state index in [9.17, 15) is 9.59 Å². The van der Waals surface area contributed by atoms with Crippen molar-refractivity contribution in [2.45, 2.75) is 46.3 Å². The van der Waals surface area contributed by atoms with E-state index < -0.39 is 5.97 Å². The molecule has 1 aromatic rings. The Morgan fingerprint density at radius 1 is 1.43 bits per heavy atom. The van der Waals surface area contributed by atoms with Crippen LogP contribution in [-0.2, 0) is 16.1 Å². The summed E-state index contributed by atoms with van der Waals surface area (Å²) in [5.74, 6) is -0.734. The van der Waals surface area contributed by atoms with E-state index in [0.29, 0.717) is 6.54 Å². The highest BCUT2D eigenvalue weighted by Gasteiger charge is 2.21. The maximum Gasteiger partial charge on any atom is 0.363 e. The van der Waals surface area contributed by atoms with Crippen LogP contribution >= 0.6 is 0 Å². The first kappa shape index (κ1) is 16.9. The van der Waals surface area contributed by atoms with Crippen molar-refractivity contribution in [3.63, 3.8) is 0 Å². The molecule has 21 heavy (non-hydrogen) atoms. The number of unbranched alkanes of at least 4 members (excludes halogenated alkanes) is 1. The third kappa shape index (κ3) is 4.73. The summed E-state index contributed by atoms with van der Waals surface area (Å²) in [5.41, 5.74) is 5.73. The van der Waals surface area contributed by atoms with Crippen LogP contribution in [0, 0.1) is 0 Å². The zero-order valence-electron chi connectivity index (χ0n) is 13.0. The third-order valence-corrected chi connectivity index (χ3v) is 2.87. The average molecular weight is 297 g/mol. The molecule has 0 bridgehead atoms. The summed E-state index contributed by atoms with van der Waals surface area (Å²) in [4.78, 5) is 25.3. The number of rotatable bonds is 7. The molecule has 0 saturated carbocycles. The largest absolute Gasteiger partial charge is 0.458 e. The van der Waals surface area contributed by atoms with Crippen molar-refractivity contribution in [1.29, 1.82) is 0 Å². The van der Waals surface area contributed by atoms with E-state index in [1.54, 1.807) is 25.8 Å². The quantitative estimate of drug-likeness (QED) is 0.742. The number of anilines is 1. The summed E-state index contributed by atoms with van der Waals surface area (Å²) in [6, 6.07) is 0. The second kappa shape index (κ2) is 7.61. The van der Waals surface area contributed by atoms with Crippen molar-refractivity contribution in [2.75, 3.05) is 19.3 Å². The van der Waals surface area contributed by atoms with E-state index in [1.807, 2.05) is 0 Å². The number of amides is 1. The number of carbonyl (C=O) groups is 2. The van der Waals surface area contributed by atoms with Gasteiger partial charge in [-0.25, -0.2) is 9.48 Å². The van der Waals surface area contributed by atoms with Crippen LogP contribution in [0.2, 0.25) is 0 Å². The van der Waals surface area contributed by atoms with Crippen molar-refractivity contribution >= 4 is 17.7 Å². The molecule has 0 spiro atoms. The van der Waals surface area contributed by atoms with Crippen LogP contribution in [0.3, 0.4) is 0 Å². The molecule has 1 heterocycles. The van der Waals surface area contributed by atoms with E-state index in [-0.39, 0.29) is 30.1 Å². The van der Waals surface area contributed by atoms with Gasteiger partial charge in [0.05, 0.1) is 6.10 Å². The molecule has 8 nitrogen and oxygen atoms in total. The van der Waals surface area contributed by atoms with Gasteiger partial charge in [-0.3, -0.25) is 4.79 Å². The molecule has 0 aliphatic rings. The molecule has 0 atom stereocenters. The SMILES string of the molecule is CCCCN(C)C(=O)Cn1nnc(C(=O)OC(C)C)c1N. The molecule has 118 valence electrons. The van der Waals surface area contributed by atoms with Crippen molar-refractivity contribution in [3.05, 3.63) is 5.69 Å². The molecule has 0 aliphatic carbocycles. The van der Waals surface area contributed by atoms with Gasteiger partial charge in [-0.15, -0.1) is 5.10 Å². The van der Waals surface area contributed by atoms with Gasteiger partial charge >= 0.3 is 5.97 Å². The normalized spacial score (nSPS) is 10.7. The number of aromatic nitrogens is 3. The van der Waals surface area contributed by atoms with Gasteiger partial charge in [-0.2, -0.15) is 0 Å². The topological polar surface area (TPSA) is 103 Å². The fourth-order valence-electron chi connectivity index (χ4n) is 1.62. The zero-order valence-corrected chi connectivity index (χ0v) is 13.0. The van der Waals surface area contributed by atoms with Crippen molar-refractivity contribution in [1.82, 2.24) is 19.9 Å². The lowest BCUT2D eigenvalue weighted by Crippen LogP contribution is -2.31. The molecule has 8 heteroatoms. The Hall–Kier alpha value is -2.12. The number of nitrogens with zero attached hydrogens (tertiary/aromatic N) is 4. The van der Waals surface area contributed by atoms with E-state index in [1.165, 1.54) is 4.68 Å². The van der Waals surface area contributed by atoms with Gasteiger partial charge in [-0.1, -0.05) is 18.6 Å². The van der Waals surface area contributed by atoms with Crippen molar-refractivity contribution in [2.24, 2.45) is 0 Å². The predicted molar refractivity (Wildman–Crippen MR) is 77.5 cm³/mol. The maximum absolute atomic E-state index is 12.0. The Kier molecular flexibility index (Phi) is 6.13. The van der Waals surface area contributed by atoms with Crippen LogP contribution in [0.1, 0.15) is 44.1 Å². The van der Waals surface area contributed by atoms with Gasteiger partial charge in [0.15, 0.2) is 5.82 Å². The van der Waals surface area contributed by atoms with Crippen molar-refractivity contribution in [3.8, 4) is 0 Å². The summed E-state index contributed by atoms with van der Waals surface area (Å²) in [7, 11) is 1.72. The minimum atomic E-state index is -0.638. The molecule has 0 saturated heterocycles. The minimum absolute atomic E-state index is 0.0397. The number of nitrogen functional groups attached to an aromatic ring is 1. The second-order valence-corrected chi connectivity index (χ2v) is 5.10. The highest BCUT2D eigenvalue weighted by Crippen LogP contribution is 2.10. The molecule has 2 N–H and O–H groups in total. The van der Waals surface area contributed by atoms with Gasteiger partial charge in [0, 0.05) is 13.6 Å². The number of likely N-dealkylation sites (N-methyl/N-ethyl adjacent to an activating group) is 1. The molecule has 0 aliphatic heterocycles. The predicted octanol–water partition coefficient (Wildman–Crippen LogP) is 0.684. The standard InChI is InChI=1S/C13H23N5O3/c1-5-6-7-17(4)10(19)8-18-12(14)11(15-16-18)13(20)21-9(2)3/h9H,5-8,14H2,1-4H3. The lowest BCUT2D eigenvalue weighted by atomic mass is 10.3. The van der Waals surface area contributed by atoms with Crippen molar-refractivity contribution < 1.29 is 14.3 Å². The number of esters is 1. The Morgan fingerprint density at radius 2 is 2.10 bits per heavy atom. The lowest BCUT2D eigenvalue weighted by Gasteiger charge is -2.16. The summed E-state index contributed by atoms with van der Waals surface area (Å²) >= 11 is 0. The number of nitrogens with two attached hydrogens (primary N) is 1. The first-order chi connectivity index (χ1) is 9.86. The van der Waals surface area contributed by atoms with Crippen LogP contribution in [-0.4, -0.2) is 51.5 Å². The number of carbonyl (C=O) groups excluding carboxylic acids is 2. The van der Waals surface area contributed by atoms with Gasteiger partial charge in [0.1, 0.15) is 6.54 Å². The summed E-state index contributed by atoms with van der Waals surface area (Å²) in [6.07, 6.45) is 1.67. The van der Waals surface area contributed by atoms with Gasteiger partial charge < -0.3 is 15.4 Å².